The first-order valence-electron chi connectivity index (χ1n) is 10.8. The van der Waals surface area contributed by atoms with Gasteiger partial charge >= 0.3 is 5.97 Å². The molecule has 0 aromatic carbocycles. The molecule has 0 saturated heterocycles. The molecule has 0 bridgehead atoms. The standard InChI is InChI=1S/C22H41O3/c23-21-19-17-15-13-11-9-7-5-3-1-2-4-6-8-10-12-14-16-18-20-22(24)25/h1-20H2,(H,24,25). The summed E-state index contributed by atoms with van der Waals surface area (Å²) >= 11 is 0. The molecule has 0 saturated carbocycles. The van der Waals surface area contributed by atoms with Gasteiger partial charge in [-0.15, -0.1) is 0 Å². The highest BCUT2D eigenvalue weighted by Crippen LogP contribution is 2.14. The number of carboxylic acid groups (broad SMARTS) is 1. The van der Waals surface area contributed by atoms with Crippen molar-refractivity contribution in [3.63, 3.8) is 0 Å². The molecule has 0 aromatic rings. The van der Waals surface area contributed by atoms with E-state index in [0.717, 1.165) is 19.3 Å². The van der Waals surface area contributed by atoms with Crippen LogP contribution in [0.15, 0.2) is 0 Å². The van der Waals surface area contributed by atoms with Crippen LogP contribution < -0.4 is 0 Å². The van der Waals surface area contributed by atoms with E-state index in [9.17, 15) is 9.59 Å². The number of rotatable bonds is 21. The van der Waals surface area contributed by atoms with E-state index in [-0.39, 0.29) is 0 Å². The number of carbonyl (C=O) groups excluding carboxylic acids is 1. The molecular weight excluding hydrogens is 312 g/mol. The monoisotopic (exact) mass is 353 g/mol. The Morgan fingerprint density at radius 2 is 0.800 bits per heavy atom. The van der Waals surface area contributed by atoms with Crippen molar-refractivity contribution >= 4 is 12.3 Å². The molecule has 0 aliphatic heterocycles. The molecule has 0 amide bonds. The first-order chi connectivity index (χ1) is 12.3. The molecule has 147 valence electrons. The van der Waals surface area contributed by atoms with Gasteiger partial charge in [0.15, 0.2) is 6.29 Å². The number of hydrogen-bond donors (Lipinski definition) is 1. The summed E-state index contributed by atoms with van der Waals surface area (Å²) in [6, 6.07) is 0. The Kier molecular flexibility index (Phi) is 20.5. The van der Waals surface area contributed by atoms with Crippen molar-refractivity contribution in [2.75, 3.05) is 0 Å². The van der Waals surface area contributed by atoms with Crippen molar-refractivity contribution < 1.29 is 14.7 Å². The minimum absolute atomic E-state index is 0.334. The molecule has 0 aliphatic rings. The third-order valence-corrected chi connectivity index (χ3v) is 4.92. The lowest BCUT2D eigenvalue weighted by molar-refractivity contribution is -0.137. The third kappa shape index (κ3) is 23.1. The van der Waals surface area contributed by atoms with Crippen LogP contribution in [0.2, 0.25) is 0 Å². The van der Waals surface area contributed by atoms with Gasteiger partial charge in [-0.05, 0) is 12.8 Å². The van der Waals surface area contributed by atoms with Crippen molar-refractivity contribution in [3.05, 3.63) is 0 Å². The van der Waals surface area contributed by atoms with Crippen molar-refractivity contribution in [2.45, 2.75) is 128 Å². The van der Waals surface area contributed by atoms with Crippen molar-refractivity contribution in [2.24, 2.45) is 0 Å². The maximum Gasteiger partial charge on any atom is 0.303 e. The van der Waals surface area contributed by atoms with Crippen LogP contribution in [0.5, 0.6) is 0 Å². The lowest BCUT2D eigenvalue weighted by Gasteiger charge is -2.03. The lowest BCUT2D eigenvalue weighted by Crippen LogP contribution is -1.93. The van der Waals surface area contributed by atoms with Gasteiger partial charge in [-0.25, -0.2) is 0 Å². The number of carbonyl (C=O) groups is 1. The predicted molar refractivity (Wildman–Crippen MR) is 106 cm³/mol. The van der Waals surface area contributed by atoms with E-state index in [1.165, 1.54) is 96.3 Å². The molecule has 0 fully saturated rings. The van der Waals surface area contributed by atoms with Crippen LogP contribution in [0.3, 0.4) is 0 Å². The average Bonchev–Trinajstić information content (AvgIpc) is 2.60. The molecule has 0 heterocycles. The number of hydrogen-bond acceptors (Lipinski definition) is 2. The highest BCUT2D eigenvalue weighted by molar-refractivity contribution is 5.66. The fraction of sp³-hybridized carbons (Fsp3) is 0.909. The molecule has 1 N–H and O–H groups in total. The van der Waals surface area contributed by atoms with Gasteiger partial charge in [0, 0.05) is 12.8 Å². The molecule has 0 aliphatic carbocycles. The first-order valence-corrected chi connectivity index (χ1v) is 10.8. The average molecular weight is 354 g/mol. The van der Waals surface area contributed by atoms with E-state index >= 15 is 0 Å². The molecule has 0 spiro atoms. The maximum absolute atomic E-state index is 10.4. The highest BCUT2D eigenvalue weighted by Gasteiger charge is 1.97. The molecule has 1 radical (unpaired) electrons. The Hall–Kier alpha value is -0.860. The van der Waals surface area contributed by atoms with E-state index in [1.54, 1.807) is 0 Å². The van der Waals surface area contributed by atoms with Gasteiger partial charge < -0.3 is 5.11 Å². The number of unbranched alkanes of at least 4 members (excludes halogenated alkanes) is 18. The Bertz CT molecular complexity index is 289. The summed E-state index contributed by atoms with van der Waals surface area (Å²) in [5.74, 6) is -0.662. The fourth-order valence-electron chi connectivity index (χ4n) is 3.30. The summed E-state index contributed by atoms with van der Waals surface area (Å²) in [5, 5.41) is 8.55. The van der Waals surface area contributed by atoms with Crippen LogP contribution in [-0.4, -0.2) is 17.4 Å². The van der Waals surface area contributed by atoms with Crippen molar-refractivity contribution in [1.82, 2.24) is 0 Å². The van der Waals surface area contributed by atoms with Crippen LogP contribution >= 0.6 is 0 Å². The summed E-state index contributed by atoms with van der Waals surface area (Å²) in [6.07, 6.45) is 25.8. The summed E-state index contributed by atoms with van der Waals surface area (Å²) in [4.78, 5) is 20.4. The van der Waals surface area contributed by atoms with Crippen molar-refractivity contribution in [3.8, 4) is 0 Å². The van der Waals surface area contributed by atoms with Crippen molar-refractivity contribution in [1.29, 1.82) is 0 Å². The van der Waals surface area contributed by atoms with E-state index in [2.05, 4.69) is 0 Å². The summed E-state index contributed by atoms with van der Waals surface area (Å²) < 4.78 is 0. The van der Waals surface area contributed by atoms with Gasteiger partial charge in [-0.1, -0.05) is 103 Å². The van der Waals surface area contributed by atoms with Gasteiger partial charge in [0.05, 0.1) is 0 Å². The van der Waals surface area contributed by atoms with Crippen LogP contribution in [0, 0.1) is 0 Å². The zero-order chi connectivity index (χ0) is 18.4. The van der Waals surface area contributed by atoms with Crippen LogP contribution in [0.1, 0.15) is 128 Å². The van der Waals surface area contributed by atoms with Gasteiger partial charge in [0.2, 0.25) is 0 Å². The summed E-state index contributed by atoms with van der Waals surface area (Å²) in [5.41, 5.74) is 0. The highest BCUT2D eigenvalue weighted by atomic mass is 16.4. The predicted octanol–water partition coefficient (Wildman–Crippen LogP) is 6.98. The van der Waals surface area contributed by atoms with Gasteiger partial charge in [-0.3, -0.25) is 9.59 Å². The number of aliphatic carboxylic acids is 1. The molecule has 0 rings (SSSR count). The smallest absolute Gasteiger partial charge is 0.303 e. The van der Waals surface area contributed by atoms with E-state index in [1.807, 2.05) is 6.29 Å². The van der Waals surface area contributed by atoms with Gasteiger partial charge in [0.25, 0.3) is 0 Å². The summed E-state index contributed by atoms with van der Waals surface area (Å²) in [7, 11) is 0. The summed E-state index contributed by atoms with van der Waals surface area (Å²) in [6.45, 7) is 0. The molecular formula is C22H41O3. The Balaban J connectivity index is 2.98. The van der Waals surface area contributed by atoms with Crippen LogP contribution in [-0.2, 0) is 9.59 Å². The second kappa shape index (κ2) is 21.2. The first kappa shape index (κ1) is 24.1. The van der Waals surface area contributed by atoms with Gasteiger partial charge in [-0.2, -0.15) is 0 Å². The van der Waals surface area contributed by atoms with E-state index in [4.69, 9.17) is 5.11 Å². The molecule has 0 unspecified atom stereocenters. The fourth-order valence-corrected chi connectivity index (χ4v) is 3.30. The molecule has 0 aromatic heterocycles. The Morgan fingerprint density at radius 1 is 0.520 bits per heavy atom. The van der Waals surface area contributed by atoms with Crippen LogP contribution in [0.4, 0.5) is 0 Å². The molecule has 3 heteroatoms. The second-order valence-electron chi connectivity index (χ2n) is 7.40. The molecule has 0 atom stereocenters. The second-order valence-corrected chi connectivity index (χ2v) is 7.40. The Morgan fingerprint density at radius 3 is 1.08 bits per heavy atom. The number of carboxylic acids is 1. The van der Waals surface area contributed by atoms with E-state index < -0.39 is 5.97 Å². The zero-order valence-corrected chi connectivity index (χ0v) is 16.4. The topological polar surface area (TPSA) is 54.4 Å². The van der Waals surface area contributed by atoms with Crippen LogP contribution in [0.25, 0.3) is 0 Å². The normalized spacial score (nSPS) is 10.9. The Labute approximate surface area is 156 Å². The minimum atomic E-state index is -0.662. The largest absolute Gasteiger partial charge is 0.481 e. The molecule has 25 heavy (non-hydrogen) atoms. The quantitative estimate of drug-likeness (QED) is 0.226. The molecule has 3 nitrogen and oxygen atoms in total. The lowest BCUT2D eigenvalue weighted by atomic mass is 10.0. The SMILES string of the molecule is O=[C]CCCCCCCCCCCCCCCCCCCCC(=O)O. The zero-order valence-electron chi connectivity index (χ0n) is 16.4. The minimum Gasteiger partial charge on any atom is -0.481 e. The third-order valence-electron chi connectivity index (χ3n) is 4.92. The maximum atomic E-state index is 10.4. The van der Waals surface area contributed by atoms with Gasteiger partial charge in [0.1, 0.15) is 0 Å². The van der Waals surface area contributed by atoms with E-state index in [0.29, 0.717) is 12.8 Å².